The van der Waals surface area contributed by atoms with E-state index in [4.69, 9.17) is 0 Å². The number of carbonyl (C=O) groups excluding carboxylic acids is 2. The largest absolute Gasteiger partial charge is 0.293 e. The van der Waals surface area contributed by atoms with E-state index in [9.17, 15) is 9.59 Å². The lowest BCUT2D eigenvalue weighted by Crippen LogP contribution is -2.69. The predicted octanol–water partition coefficient (Wildman–Crippen LogP) is -0.210. The average Bonchev–Trinajstić information content (AvgIpc) is 2.84. The Morgan fingerprint density at radius 1 is 1.43 bits per heavy atom. The molecule has 4 atom stereocenters. The Labute approximate surface area is 82.4 Å². The van der Waals surface area contributed by atoms with E-state index in [-0.39, 0.29) is 17.9 Å². The van der Waals surface area contributed by atoms with Gasteiger partial charge in [0.15, 0.2) is 0 Å². The summed E-state index contributed by atoms with van der Waals surface area (Å²) in [5, 5.41) is 5.70. The van der Waals surface area contributed by atoms with Crippen molar-refractivity contribution in [1.82, 2.24) is 10.6 Å². The van der Waals surface area contributed by atoms with Gasteiger partial charge in [0.2, 0.25) is 11.8 Å². The maximum absolute atomic E-state index is 11.8. The maximum Gasteiger partial charge on any atom is 0.247 e. The Bertz CT molecular complexity index is 328. The first-order chi connectivity index (χ1) is 6.63. The van der Waals surface area contributed by atoms with E-state index in [2.05, 4.69) is 10.6 Å². The Kier molecular flexibility index (Phi) is 1.42. The van der Waals surface area contributed by atoms with Crippen molar-refractivity contribution in [3.63, 3.8) is 0 Å². The van der Waals surface area contributed by atoms with Gasteiger partial charge in [0.1, 0.15) is 5.54 Å². The van der Waals surface area contributed by atoms with Gasteiger partial charge in [-0.05, 0) is 38.0 Å². The van der Waals surface area contributed by atoms with E-state index in [0.29, 0.717) is 5.92 Å². The molecule has 2 aliphatic carbocycles. The smallest absolute Gasteiger partial charge is 0.247 e. The molecule has 76 valence electrons. The fraction of sp³-hybridized carbons (Fsp3) is 0.800. The lowest BCUT2D eigenvalue weighted by molar-refractivity contribution is -0.141. The number of carbonyl (C=O) groups is 2. The van der Waals surface area contributed by atoms with E-state index in [1.807, 2.05) is 6.92 Å². The second-order valence-electron chi connectivity index (χ2n) is 4.80. The lowest BCUT2D eigenvalue weighted by atomic mass is 9.88. The van der Waals surface area contributed by atoms with Crippen molar-refractivity contribution in [2.24, 2.45) is 11.8 Å². The van der Waals surface area contributed by atoms with E-state index in [1.165, 1.54) is 0 Å². The molecule has 3 fully saturated rings. The number of rotatable bonds is 0. The molecule has 0 aromatic heterocycles. The van der Waals surface area contributed by atoms with Crippen molar-refractivity contribution in [2.75, 3.05) is 0 Å². The van der Waals surface area contributed by atoms with Crippen LogP contribution in [0.1, 0.15) is 26.2 Å². The summed E-state index contributed by atoms with van der Waals surface area (Å²) in [5.74, 6) is 0.932. The standard InChI is InChI=1S/C10H14N2O2/c1-5-8(13)11-9(14)10(12-5)3-2-6-4-7(6)10/h5-7,12H,2-4H2,1H3,(H,11,13,14). The van der Waals surface area contributed by atoms with Gasteiger partial charge in [-0.25, -0.2) is 0 Å². The molecule has 2 saturated carbocycles. The number of nitrogens with one attached hydrogen (secondary N) is 2. The summed E-state index contributed by atoms with van der Waals surface area (Å²) in [7, 11) is 0. The molecule has 0 aromatic carbocycles. The average molecular weight is 194 g/mol. The number of amides is 2. The zero-order chi connectivity index (χ0) is 9.92. The molecule has 0 aromatic rings. The zero-order valence-corrected chi connectivity index (χ0v) is 8.17. The molecule has 4 nitrogen and oxygen atoms in total. The summed E-state index contributed by atoms with van der Waals surface area (Å²) in [5.41, 5.74) is -0.405. The third-order valence-electron chi connectivity index (χ3n) is 3.97. The summed E-state index contributed by atoms with van der Waals surface area (Å²) in [6, 6.07) is -0.230. The van der Waals surface area contributed by atoms with Gasteiger partial charge < -0.3 is 0 Å². The highest BCUT2D eigenvalue weighted by Gasteiger charge is 2.63. The van der Waals surface area contributed by atoms with E-state index in [0.717, 1.165) is 25.2 Å². The van der Waals surface area contributed by atoms with Crippen LogP contribution in [0.3, 0.4) is 0 Å². The molecular weight excluding hydrogens is 180 g/mol. The van der Waals surface area contributed by atoms with Gasteiger partial charge in [-0.1, -0.05) is 0 Å². The quantitative estimate of drug-likeness (QED) is 0.525. The number of hydrogen-bond acceptors (Lipinski definition) is 3. The van der Waals surface area contributed by atoms with Crippen LogP contribution in [-0.2, 0) is 9.59 Å². The second kappa shape index (κ2) is 2.37. The Morgan fingerprint density at radius 2 is 2.21 bits per heavy atom. The summed E-state index contributed by atoms with van der Waals surface area (Å²) >= 11 is 0. The predicted molar refractivity (Wildman–Crippen MR) is 49.3 cm³/mol. The van der Waals surface area contributed by atoms with Crippen molar-refractivity contribution < 1.29 is 9.59 Å². The van der Waals surface area contributed by atoms with Crippen LogP contribution in [0, 0.1) is 11.8 Å². The van der Waals surface area contributed by atoms with Gasteiger partial charge in [0.25, 0.3) is 0 Å². The fourth-order valence-corrected chi connectivity index (χ4v) is 3.08. The van der Waals surface area contributed by atoms with Gasteiger partial charge in [0, 0.05) is 0 Å². The number of hydrogen-bond donors (Lipinski definition) is 2. The third kappa shape index (κ3) is 0.869. The van der Waals surface area contributed by atoms with E-state index >= 15 is 0 Å². The van der Waals surface area contributed by atoms with Crippen LogP contribution < -0.4 is 10.6 Å². The first kappa shape index (κ1) is 8.41. The lowest BCUT2D eigenvalue weighted by Gasteiger charge is -2.37. The van der Waals surface area contributed by atoms with Crippen LogP contribution in [0.25, 0.3) is 0 Å². The second-order valence-corrected chi connectivity index (χ2v) is 4.80. The Morgan fingerprint density at radius 3 is 2.79 bits per heavy atom. The molecule has 2 amide bonds. The molecular formula is C10H14N2O2. The molecule has 3 rings (SSSR count). The summed E-state index contributed by atoms with van der Waals surface area (Å²) in [4.78, 5) is 23.1. The van der Waals surface area contributed by atoms with Crippen LogP contribution in [0.2, 0.25) is 0 Å². The van der Waals surface area contributed by atoms with Crippen molar-refractivity contribution in [3.8, 4) is 0 Å². The summed E-state index contributed by atoms with van der Waals surface area (Å²) < 4.78 is 0. The molecule has 4 unspecified atom stereocenters. The molecule has 14 heavy (non-hydrogen) atoms. The van der Waals surface area contributed by atoms with Crippen molar-refractivity contribution >= 4 is 11.8 Å². The first-order valence-corrected chi connectivity index (χ1v) is 5.26. The van der Waals surface area contributed by atoms with Crippen LogP contribution in [0.4, 0.5) is 0 Å². The van der Waals surface area contributed by atoms with Crippen molar-refractivity contribution in [2.45, 2.75) is 37.8 Å². The highest BCUT2D eigenvalue weighted by molar-refractivity contribution is 6.05. The van der Waals surface area contributed by atoms with Crippen LogP contribution >= 0.6 is 0 Å². The van der Waals surface area contributed by atoms with Crippen LogP contribution in [-0.4, -0.2) is 23.4 Å². The molecule has 1 spiro atoms. The van der Waals surface area contributed by atoms with Gasteiger partial charge in [0.05, 0.1) is 6.04 Å². The topological polar surface area (TPSA) is 58.2 Å². The minimum absolute atomic E-state index is 0.0920. The fourth-order valence-electron chi connectivity index (χ4n) is 3.08. The minimum Gasteiger partial charge on any atom is -0.293 e. The molecule has 1 heterocycles. The number of fused-ring (bicyclic) bond motifs is 2. The molecule has 2 N–H and O–H groups in total. The van der Waals surface area contributed by atoms with Crippen molar-refractivity contribution in [3.05, 3.63) is 0 Å². The SMILES string of the molecule is CC1NC2(CCC3CC32)C(=O)NC1=O. The van der Waals surface area contributed by atoms with E-state index in [1.54, 1.807) is 0 Å². The third-order valence-corrected chi connectivity index (χ3v) is 3.97. The molecule has 1 aliphatic heterocycles. The molecule has 0 radical (unpaired) electrons. The van der Waals surface area contributed by atoms with Gasteiger partial charge in [-0.2, -0.15) is 0 Å². The minimum atomic E-state index is -0.405. The van der Waals surface area contributed by atoms with Crippen LogP contribution in [0.15, 0.2) is 0 Å². The Hall–Kier alpha value is -0.900. The molecule has 1 saturated heterocycles. The zero-order valence-electron chi connectivity index (χ0n) is 8.17. The first-order valence-electron chi connectivity index (χ1n) is 5.26. The highest BCUT2D eigenvalue weighted by atomic mass is 16.2. The number of piperazine rings is 1. The molecule has 3 aliphatic rings. The van der Waals surface area contributed by atoms with Gasteiger partial charge in [-0.15, -0.1) is 0 Å². The normalized spacial score (nSPS) is 50.5. The van der Waals surface area contributed by atoms with Gasteiger partial charge >= 0.3 is 0 Å². The Balaban J connectivity index is 1.92. The summed E-state index contributed by atoms with van der Waals surface area (Å²) in [6.07, 6.45) is 3.18. The highest BCUT2D eigenvalue weighted by Crippen LogP contribution is 2.58. The van der Waals surface area contributed by atoms with Gasteiger partial charge in [-0.3, -0.25) is 20.2 Å². The molecule has 0 bridgehead atoms. The number of imide groups is 1. The summed E-state index contributed by atoms with van der Waals surface area (Å²) in [6.45, 7) is 1.82. The van der Waals surface area contributed by atoms with Crippen LogP contribution in [0.5, 0.6) is 0 Å². The van der Waals surface area contributed by atoms with E-state index < -0.39 is 5.54 Å². The monoisotopic (exact) mass is 194 g/mol. The molecule has 4 heteroatoms. The van der Waals surface area contributed by atoms with Crippen molar-refractivity contribution in [1.29, 1.82) is 0 Å². The maximum atomic E-state index is 11.8.